The molecule has 10 nitrogen and oxygen atoms in total. The van der Waals surface area contributed by atoms with Gasteiger partial charge in [0.2, 0.25) is 5.91 Å². The van der Waals surface area contributed by atoms with Crippen LogP contribution < -0.4 is 0 Å². The second-order valence-electron chi connectivity index (χ2n) is 7.57. The molecule has 0 aliphatic carbocycles. The number of aliphatic carboxylic acids is 1. The highest BCUT2D eigenvalue weighted by Crippen LogP contribution is 2.42. The van der Waals surface area contributed by atoms with Gasteiger partial charge in [-0.25, -0.2) is 4.79 Å². The molecule has 2 amide bonds. The van der Waals surface area contributed by atoms with Crippen LogP contribution in [0.3, 0.4) is 0 Å². The van der Waals surface area contributed by atoms with E-state index in [1.54, 1.807) is 30.3 Å². The molecular formula is C22H19N3O7S. The smallest absolute Gasteiger partial charge is 0.356 e. The van der Waals surface area contributed by atoms with E-state index >= 15 is 0 Å². The predicted octanol–water partition coefficient (Wildman–Crippen LogP) is 2.30. The third-order valence-electron chi connectivity index (χ3n) is 5.45. The first kappa shape index (κ1) is 22.3. The molecule has 33 heavy (non-hydrogen) atoms. The van der Waals surface area contributed by atoms with Crippen LogP contribution in [0.1, 0.15) is 11.1 Å². The molecule has 2 N–H and O–H groups in total. The zero-order valence-electron chi connectivity index (χ0n) is 17.2. The van der Waals surface area contributed by atoms with E-state index in [4.69, 9.17) is 0 Å². The van der Waals surface area contributed by atoms with Crippen LogP contribution in [0.15, 0.2) is 66.1 Å². The van der Waals surface area contributed by atoms with Gasteiger partial charge in [-0.1, -0.05) is 42.5 Å². The Morgan fingerprint density at radius 3 is 2.52 bits per heavy atom. The van der Waals surface area contributed by atoms with Crippen molar-refractivity contribution in [3.63, 3.8) is 0 Å². The number of nitro groups is 1. The number of benzene rings is 2. The maximum absolute atomic E-state index is 13.3. The third kappa shape index (κ3) is 4.27. The Bertz CT molecular complexity index is 1170. The van der Waals surface area contributed by atoms with E-state index in [0.717, 1.165) is 22.2 Å². The van der Waals surface area contributed by atoms with Gasteiger partial charge >= 0.3 is 5.97 Å². The Morgan fingerprint density at radius 1 is 1.15 bits per heavy atom. The number of β-lactam (4-membered cyclic amide) rings is 1. The summed E-state index contributed by atoms with van der Waals surface area (Å²) in [6.45, 7) is -0.0627. The molecule has 1 fully saturated rings. The summed E-state index contributed by atoms with van der Waals surface area (Å²) in [7, 11) is 0. The number of fused-ring (bicyclic) bond motifs is 1. The second-order valence-corrected chi connectivity index (χ2v) is 8.67. The zero-order chi connectivity index (χ0) is 23.7. The van der Waals surface area contributed by atoms with E-state index in [2.05, 4.69) is 0 Å². The van der Waals surface area contributed by atoms with Crippen molar-refractivity contribution in [3.8, 4) is 0 Å². The van der Waals surface area contributed by atoms with E-state index in [9.17, 15) is 34.7 Å². The molecule has 2 unspecified atom stereocenters. The standard InChI is InChI=1S/C22H19N3O7S/c26-16-12-33-21-19(20(28)24(21)18(16)22(29)30)23(17(27)10-13-5-2-1-3-6-13)11-14-7-4-8-15(9-14)25(31)32/h1-9,19,21,26H,10-12H2,(H,29,30). The highest BCUT2D eigenvalue weighted by atomic mass is 32.2. The molecule has 2 atom stereocenters. The van der Waals surface area contributed by atoms with Crippen LogP contribution in [0, 0.1) is 10.1 Å². The lowest BCUT2D eigenvalue weighted by Crippen LogP contribution is -2.71. The largest absolute Gasteiger partial charge is 0.509 e. The summed E-state index contributed by atoms with van der Waals surface area (Å²) in [4.78, 5) is 50.9. The SMILES string of the molecule is O=C(O)C1=C(O)CSC2C(N(Cc3cccc([N+](=O)[O-])c3)C(=O)Cc3ccccc3)C(=O)N12. The normalized spacial score (nSPS) is 19.5. The number of amides is 2. The van der Waals surface area contributed by atoms with E-state index in [1.165, 1.54) is 23.1 Å². The molecule has 2 aromatic rings. The number of aliphatic hydroxyl groups is 1. The number of carboxylic acid groups (broad SMARTS) is 1. The Balaban J connectivity index is 1.65. The van der Waals surface area contributed by atoms with Gasteiger partial charge in [0.05, 0.1) is 17.1 Å². The van der Waals surface area contributed by atoms with E-state index in [0.29, 0.717) is 5.56 Å². The zero-order valence-corrected chi connectivity index (χ0v) is 18.0. The summed E-state index contributed by atoms with van der Waals surface area (Å²) in [5.41, 5.74) is 0.577. The molecular weight excluding hydrogens is 450 g/mol. The fourth-order valence-corrected chi connectivity index (χ4v) is 5.19. The number of carboxylic acids is 1. The first-order chi connectivity index (χ1) is 15.8. The summed E-state index contributed by atoms with van der Waals surface area (Å²) in [6, 6.07) is 13.8. The van der Waals surface area contributed by atoms with Crippen molar-refractivity contribution in [1.82, 2.24) is 9.80 Å². The van der Waals surface area contributed by atoms with Crippen molar-refractivity contribution in [2.24, 2.45) is 0 Å². The number of aliphatic hydroxyl groups excluding tert-OH is 1. The van der Waals surface area contributed by atoms with Gasteiger partial charge in [0, 0.05) is 18.7 Å². The minimum Gasteiger partial charge on any atom is -0.509 e. The topological polar surface area (TPSA) is 141 Å². The lowest BCUT2D eigenvalue weighted by molar-refractivity contribution is -0.384. The molecule has 2 aromatic carbocycles. The van der Waals surface area contributed by atoms with Crippen molar-refractivity contribution in [3.05, 3.63) is 87.3 Å². The molecule has 170 valence electrons. The van der Waals surface area contributed by atoms with Crippen LogP contribution >= 0.6 is 11.8 Å². The quantitative estimate of drug-likeness (QED) is 0.357. The number of nitrogens with zero attached hydrogens (tertiary/aromatic N) is 3. The Hall–Kier alpha value is -3.86. The average molecular weight is 469 g/mol. The molecule has 2 aliphatic heterocycles. The van der Waals surface area contributed by atoms with Crippen molar-refractivity contribution in [2.45, 2.75) is 24.4 Å². The van der Waals surface area contributed by atoms with Gasteiger partial charge in [-0.05, 0) is 11.1 Å². The van der Waals surface area contributed by atoms with E-state index in [-0.39, 0.29) is 30.3 Å². The summed E-state index contributed by atoms with van der Waals surface area (Å²) in [6.07, 6.45) is 0.00378. The van der Waals surface area contributed by atoms with Gasteiger partial charge in [-0.2, -0.15) is 0 Å². The number of carbonyl (C=O) groups excluding carboxylic acids is 2. The Morgan fingerprint density at radius 2 is 1.85 bits per heavy atom. The van der Waals surface area contributed by atoms with Gasteiger partial charge in [0.25, 0.3) is 11.6 Å². The highest BCUT2D eigenvalue weighted by molar-refractivity contribution is 8.00. The number of non-ortho nitro benzene ring substituents is 1. The van der Waals surface area contributed by atoms with Crippen LogP contribution in [-0.2, 0) is 27.3 Å². The molecule has 0 saturated carbocycles. The molecule has 0 bridgehead atoms. The molecule has 11 heteroatoms. The van der Waals surface area contributed by atoms with Crippen LogP contribution in [0.4, 0.5) is 5.69 Å². The minimum absolute atomic E-state index is 0.00378. The highest BCUT2D eigenvalue weighted by Gasteiger charge is 2.57. The number of rotatable bonds is 7. The van der Waals surface area contributed by atoms with Crippen molar-refractivity contribution in [1.29, 1.82) is 0 Å². The first-order valence-electron chi connectivity index (χ1n) is 9.94. The number of hydrogen-bond donors (Lipinski definition) is 2. The van der Waals surface area contributed by atoms with E-state index < -0.39 is 39.7 Å². The second kappa shape index (κ2) is 8.94. The maximum Gasteiger partial charge on any atom is 0.356 e. The Labute approximate surface area is 192 Å². The summed E-state index contributed by atoms with van der Waals surface area (Å²) in [5.74, 6) is -2.84. The van der Waals surface area contributed by atoms with Crippen LogP contribution in [0.25, 0.3) is 0 Å². The molecule has 0 spiro atoms. The third-order valence-corrected chi connectivity index (χ3v) is 6.70. The molecule has 1 saturated heterocycles. The fraction of sp³-hybridized carbons (Fsp3) is 0.227. The average Bonchev–Trinajstić information content (AvgIpc) is 2.79. The van der Waals surface area contributed by atoms with Crippen LogP contribution in [0.2, 0.25) is 0 Å². The lowest BCUT2D eigenvalue weighted by Gasteiger charge is -2.52. The monoisotopic (exact) mass is 469 g/mol. The predicted molar refractivity (Wildman–Crippen MR) is 118 cm³/mol. The molecule has 2 aliphatic rings. The number of hydrogen-bond acceptors (Lipinski definition) is 7. The summed E-state index contributed by atoms with van der Waals surface area (Å²) < 4.78 is 0. The number of thioether (sulfide) groups is 1. The summed E-state index contributed by atoms with van der Waals surface area (Å²) in [5, 5.41) is 29.9. The summed E-state index contributed by atoms with van der Waals surface area (Å²) >= 11 is 1.16. The van der Waals surface area contributed by atoms with Crippen molar-refractivity contribution >= 4 is 35.2 Å². The number of nitro benzene ring substituents is 1. The van der Waals surface area contributed by atoms with Crippen LogP contribution in [0.5, 0.6) is 0 Å². The number of carbonyl (C=O) groups is 3. The van der Waals surface area contributed by atoms with Gasteiger partial charge in [-0.3, -0.25) is 24.6 Å². The molecule has 2 heterocycles. The Kier molecular flexibility index (Phi) is 6.05. The molecule has 4 rings (SSSR count). The fourth-order valence-electron chi connectivity index (χ4n) is 3.92. The van der Waals surface area contributed by atoms with Crippen molar-refractivity contribution in [2.75, 3.05) is 5.75 Å². The van der Waals surface area contributed by atoms with Gasteiger partial charge in [0.15, 0.2) is 5.70 Å². The minimum atomic E-state index is -1.43. The van der Waals surface area contributed by atoms with Gasteiger partial charge in [-0.15, -0.1) is 11.8 Å². The molecule has 0 radical (unpaired) electrons. The lowest BCUT2D eigenvalue weighted by atomic mass is 10.00. The van der Waals surface area contributed by atoms with Crippen molar-refractivity contribution < 1.29 is 29.5 Å². The molecule has 0 aromatic heterocycles. The van der Waals surface area contributed by atoms with E-state index in [1.807, 2.05) is 6.07 Å². The maximum atomic E-state index is 13.3. The van der Waals surface area contributed by atoms with Crippen LogP contribution in [-0.4, -0.2) is 59.9 Å². The van der Waals surface area contributed by atoms with Gasteiger partial charge in [0.1, 0.15) is 17.2 Å². The first-order valence-corrected chi connectivity index (χ1v) is 11.0. The van der Waals surface area contributed by atoms with Gasteiger partial charge < -0.3 is 15.1 Å².